The number of aromatic nitrogens is 2. The third kappa shape index (κ3) is 4.58. The quantitative estimate of drug-likeness (QED) is 0.809. The molecule has 1 aliphatic rings. The van der Waals surface area contributed by atoms with Crippen molar-refractivity contribution in [3.63, 3.8) is 0 Å². The molecule has 2 aromatic heterocycles. The molecule has 2 aromatic rings. The predicted octanol–water partition coefficient (Wildman–Crippen LogP) is 2.47. The van der Waals surface area contributed by atoms with E-state index in [1.807, 2.05) is 23.9 Å². The Labute approximate surface area is 146 Å². The Bertz CT molecular complexity index is 607. The van der Waals surface area contributed by atoms with Gasteiger partial charge in [0.25, 0.3) is 0 Å². The lowest BCUT2D eigenvalue weighted by atomic mass is 10.2. The number of hydrogen-bond acceptors (Lipinski definition) is 4. The molecule has 7 heteroatoms. The van der Waals surface area contributed by atoms with E-state index in [0.29, 0.717) is 13.1 Å². The average Bonchev–Trinajstić information content (AvgIpc) is 3.31. The minimum absolute atomic E-state index is 0.0249. The fourth-order valence-corrected chi connectivity index (χ4v) is 4.00. The number of carbonyl (C=O) groups excluding carboxylic acids is 1. The van der Waals surface area contributed by atoms with Gasteiger partial charge in [-0.15, -0.1) is 11.3 Å². The van der Waals surface area contributed by atoms with Crippen LogP contribution in [0.5, 0.6) is 0 Å². The summed E-state index contributed by atoms with van der Waals surface area (Å²) in [6.07, 6.45) is 6.13. The van der Waals surface area contributed by atoms with Gasteiger partial charge in [0.1, 0.15) is 0 Å². The molecule has 0 spiro atoms. The van der Waals surface area contributed by atoms with Gasteiger partial charge in [0.15, 0.2) is 0 Å². The smallest absolute Gasteiger partial charge is 0.315 e. The number of likely N-dealkylation sites (tertiary alicyclic amines) is 1. The number of amides is 2. The van der Waals surface area contributed by atoms with Crippen LogP contribution in [0.1, 0.15) is 30.7 Å². The van der Waals surface area contributed by atoms with Crippen LogP contribution in [-0.2, 0) is 6.54 Å². The number of nitrogens with zero attached hydrogens (tertiary/aromatic N) is 3. The summed E-state index contributed by atoms with van der Waals surface area (Å²) in [6.45, 7) is 5.52. The third-order valence-electron chi connectivity index (χ3n) is 4.31. The van der Waals surface area contributed by atoms with Gasteiger partial charge in [-0.05, 0) is 50.4 Å². The van der Waals surface area contributed by atoms with Crippen molar-refractivity contribution >= 4 is 17.4 Å². The van der Waals surface area contributed by atoms with Crippen molar-refractivity contribution in [3.05, 3.63) is 40.8 Å². The third-order valence-corrected chi connectivity index (χ3v) is 5.28. The summed E-state index contributed by atoms with van der Waals surface area (Å²) >= 11 is 1.76. The van der Waals surface area contributed by atoms with Crippen molar-refractivity contribution in [2.24, 2.45) is 0 Å². The predicted molar refractivity (Wildman–Crippen MR) is 96.1 cm³/mol. The number of nitrogens with one attached hydrogen (secondary N) is 2. The van der Waals surface area contributed by atoms with Gasteiger partial charge in [-0.25, -0.2) is 4.79 Å². The van der Waals surface area contributed by atoms with Gasteiger partial charge in [0, 0.05) is 29.9 Å². The Kier molecular flexibility index (Phi) is 5.87. The van der Waals surface area contributed by atoms with Crippen LogP contribution in [0, 0.1) is 0 Å². The number of hydrogen-bond donors (Lipinski definition) is 2. The van der Waals surface area contributed by atoms with Crippen molar-refractivity contribution in [1.29, 1.82) is 0 Å². The highest BCUT2D eigenvalue weighted by Gasteiger charge is 2.24. The molecule has 24 heavy (non-hydrogen) atoms. The van der Waals surface area contributed by atoms with E-state index >= 15 is 0 Å². The first-order valence-corrected chi connectivity index (χ1v) is 9.39. The second-order valence-corrected chi connectivity index (χ2v) is 7.24. The zero-order chi connectivity index (χ0) is 16.8. The Balaban J connectivity index is 1.49. The minimum atomic E-state index is -0.115. The molecular formula is C17H25N5OS. The van der Waals surface area contributed by atoms with E-state index in [-0.39, 0.29) is 18.1 Å². The highest BCUT2D eigenvalue weighted by molar-refractivity contribution is 7.10. The first-order chi connectivity index (χ1) is 11.7. The van der Waals surface area contributed by atoms with Crippen molar-refractivity contribution in [1.82, 2.24) is 25.3 Å². The molecule has 0 aromatic carbocycles. The summed E-state index contributed by atoms with van der Waals surface area (Å²) in [5.74, 6) is 0. The molecule has 6 nitrogen and oxygen atoms in total. The maximum atomic E-state index is 12.2. The fraction of sp³-hybridized carbons (Fsp3) is 0.529. The molecule has 3 heterocycles. The highest BCUT2D eigenvalue weighted by atomic mass is 32.1. The number of carbonyl (C=O) groups is 1. The van der Waals surface area contributed by atoms with Crippen LogP contribution >= 0.6 is 11.3 Å². The Hall–Kier alpha value is -1.86. The summed E-state index contributed by atoms with van der Waals surface area (Å²) in [7, 11) is 0. The summed E-state index contributed by atoms with van der Waals surface area (Å²) in [5, 5.41) is 12.3. The van der Waals surface area contributed by atoms with Crippen LogP contribution in [0.4, 0.5) is 4.79 Å². The molecule has 1 saturated heterocycles. The Morgan fingerprint density at radius 2 is 2.21 bits per heavy atom. The molecule has 0 saturated carbocycles. The molecule has 130 valence electrons. The largest absolute Gasteiger partial charge is 0.336 e. The molecule has 2 N–H and O–H groups in total. The summed E-state index contributed by atoms with van der Waals surface area (Å²) < 4.78 is 1.82. The molecule has 1 aliphatic heterocycles. The molecule has 2 amide bonds. The zero-order valence-electron chi connectivity index (χ0n) is 14.0. The van der Waals surface area contributed by atoms with Crippen LogP contribution in [0.25, 0.3) is 0 Å². The van der Waals surface area contributed by atoms with Crippen molar-refractivity contribution in [3.8, 4) is 0 Å². The monoisotopic (exact) mass is 347 g/mol. The number of urea groups is 1. The Morgan fingerprint density at radius 3 is 2.88 bits per heavy atom. The molecule has 0 unspecified atom stereocenters. The van der Waals surface area contributed by atoms with Crippen LogP contribution in [0.2, 0.25) is 0 Å². The summed E-state index contributed by atoms with van der Waals surface area (Å²) in [4.78, 5) is 16.0. The van der Waals surface area contributed by atoms with Gasteiger partial charge >= 0.3 is 6.03 Å². The molecule has 0 aliphatic carbocycles. The number of thiophene rings is 1. The van der Waals surface area contributed by atoms with Crippen LogP contribution in [0.15, 0.2) is 36.0 Å². The second-order valence-electron chi connectivity index (χ2n) is 6.26. The van der Waals surface area contributed by atoms with E-state index in [0.717, 1.165) is 13.1 Å². The molecule has 2 atom stereocenters. The van der Waals surface area contributed by atoms with Gasteiger partial charge in [0.05, 0.1) is 12.6 Å². The van der Waals surface area contributed by atoms with E-state index < -0.39 is 0 Å². The molecule has 3 rings (SSSR count). The van der Waals surface area contributed by atoms with Crippen LogP contribution in [-0.4, -0.2) is 46.4 Å². The van der Waals surface area contributed by atoms with E-state index in [2.05, 4.69) is 38.1 Å². The lowest BCUT2D eigenvalue weighted by Crippen LogP contribution is -2.45. The SMILES string of the molecule is C[C@H](Cn1cccn1)NC(=O)NC[C@H](c1cccs1)N1CCCC1. The van der Waals surface area contributed by atoms with Crippen LogP contribution in [0.3, 0.4) is 0 Å². The first kappa shape index (κ1) is 17.0. The van der Waals surface area contributed by atoms with E-state index in [4.69, 9.17) is 0 Å². The van der Waals surface area contributed by atoms with Crippen molar-refractivity contribution in [2.45, 2.75) is 38.4 Å². The van der Waals surface area contributed by atoms with Gasteiger partial charge < -0.3 is 10.6 Å². The van der Waals surface area contributed by atoms with Gasteiger partial charge in [-0.1, -0.05) is 6.07 Å². The highest BCUT2D eigenvalue weighted by Crippen LogP contribution is 2.27. The zero-order valence-corrected chi connectivity index (χ0v) is 14.8. The normalized spacial score (nSPS) is 17.5. The summed E-state index contributed by atoms with van der Waals surface area (Å²) in [6, 6.07) is 6.31. The lowest BCUT2D eigenvalue weighted by molar-refractivity contribution is 0.219. The molecule has 1 fully saturated rings. The van der Waals surface area contributed by atoms with E-state index in [1.165, 1.54) is 17.7 Å². The number of rotatable bonds is 7. The maximum Gasteiger partial charge on any atom is 0.315 e. The van der Waals surface area contributed by atoms with Crippen LogP contribution < -0.4 is 10.6 Å². The molecule has 0 bridgehead atoms. The van der Waals surface area contributed by atoms with Crippen molar-refractivity contribution in [2.75, 3.05) is 19.6 Å². The van der Waals surface area contributed by atoms with Gasteiger partial charge in [-0.2, -0.15) is 5.10 Å². The molecule has 0 radical (unpaired) electrons. The van der Waals surface area contributed by atoms with Gasteiger partial charge in [0.2, 0.25) is 0 Å². The fourth-order valence-electron chi connectivity index (χ4n) is 3.14. The minimum Gasteiger partial charge on any atom is -0.336 e. The lowest BCUT2D eigenvalue weighted by Gasteiger charge is -2.27. The first-order valence-electron chi connectivity index (χ1n) is 8.51. The van der Waals surface area contributed by atoms with E-state index in [1.54, 1.807) is 17.5 Å². The Morgan fingerprint density at radius 1 is 1.38 bits per heavy atom. The summed E-state index contributed by atoms with van der Waals surface area (Å²) in [5.41, 5.74) is 0. The maximum absolute atomic E-state index is 12.2. The topological polar surface area (TPSA) is 62.2 Å². The average molecular weight is 347 g/mol. The van der Waals surface area contributed by atoms with Crippen molar-refractivity contribution < 1.29 is 4.79 Å². The van der Waals surface area contributed by atoms with E-state index in [9.17, 15) is 4.79 Å². The van der Waals surface area contributed by atoms with Gasteiger partial charge in [-0.3, -0.25) is 9.58 Å². The second kappa shape index (κ2) is 8.30. The standard InChI is InChI=1S/C17H25N5OS/c1-14(13-22-10-5-7-19-22)20-17(23)18-12-15(16-6-4-11-24-16)21-8-2-3-9-21/h4-7,10-11,14-15H,2-3,8-9,12-13H2,1H3,(H2,18,20,23)/t14-,15-/m1/s1. The molecular weight excluding hydrogens is 322 g/mol.